The molecule has 0 saturated heterocycles. The third-order valence-corrected chi connectivity index (χ3v) is 9.00. The van der Waals surface area contributed by atoms with Crippen molar-refractivity contribution in [2.45, 2.75) is 51.6 Å². The molecule has 0 heterocycles. The third kappa shape index (κ3) is 8.04. The summed E-state index contributed by atoms with van der Waals surface area (Å²) in [7, 11) is -1.39. The van der Waals surface area contributed by atoms with Gasteiger partial charge in [0.05, 0.1) is 24.8 Å². The fourth-order valence-electron chi connectivity index (χ4n) is 4.49. The molecular formula is C31H38BrN3O6S. The summed E-state index contributed by atoms with van der Waals surface area (Å²) in [4.78, 5) is 28.4. The second-order valence-electron chi connectivity index (χ2n) is 9.99. The normalized spacial score (nSPS) is 11.9. The van der Waals surface area contributed by atoms with Gasteiger partial charge in [-0.25, -0.2) is 8.42 Å². The summed E-state index contributed by atoms with van der Waals surface area (Å²) in [5, 5.41) is 2.84. The Hall–Kier alpha value is -3.57. The molecule has 0 aromatic heterocycles. The highest BCUT2D eigenvalue weighted by Gasteiger charge is 2.33. The molecule has 0 unspecified atom stereocenters. The predicted octanol–water partition coefficient (Wildman–Crippen LogP) is 5.22. The minimum atomic E-state index is -4.27. The lowest BCUT2D eigenvalue weighted by molar-refractivity contribution is -0.139. The van der Waals surface area contributed by atoms with Crippen LogP contribution in [-0.4, -0.2) is 58.5 Å². The molecule has 9 nitrogen and oxygen atoms in total. The minimum absolute atomic E-state index is 0.0692. The van der Waals surface area contributed by atoms with Gasteiger partial charge in [-0.15, -0.1) is 0 Å². The van der Waals surface area contributed by atoms with Crippen molar-refractivity contribution in [2.24, 2.45) is 0 Å². The van der Waals surface area contributed by atoms with Crippen LogP contribution in [0.1, 0.15) is 37.0 Å². The van der Waals surface area contributed by atoms with Gasteiger partial charge in [0.15, 0.2) is 11.5 Å². The Bertz CT molecular complexity index is 1490. The van der Waals surface area contributed by atoms with Crippen LogP contribution in [0.15, 0.2) is 70.0 Å². The highest BCUT2D eigenvalue weighted by Crippen LogP contribution is 2.33. The molecule has 0 aliphatic carbocycles. The van der Waals surface area contributed by atoms with Crippen molar-refractivity contribution in [3.63, 3.8) is 0 Å². The summed E-state index contributed by atoms with van der Waals surface area (Å²) in [5.41, 5.74) is 2.80. The van der Waals surface area contributed by atoms with Gasteiger partial charge in [-0.3, -0.25) is 13.9 Å². The van der Waals surface area contributed by atoms with Crippen molar-refractivity contribution >= 4 is 43.5 Å². The van der Waals surface area contributed by atoms with E-state index in [1.807, 2.05) is 51.1 Å². The lowest BCUT2D eigenvalue weighted by Crippen LogP contribution is -2.51. The van der Waals surface area contributed by atoms with E-state index in [1.54, 1.807) is 19.1 Å². The highest BCUT2D eigenvalue weighted by molar-refractivity contribution is 9.10. The number of methoxy groups -OCH3 is 2. The van der Waals surface area contributed by atoms with Crippen LogP contribution < -0.4 is 19.1 Å². The van der Waals surface area contributed by atoms with Crippen LogP contribution in [0.3, 0.4) is 0 Å². The van der Waals surface area contributed by atoms with E-state index in [0.717, 1.165) is 31.9 Å². The van der Waals surface area contributed by atoms with Crippen molar-refractivity contribution in [1.82, 2.24) is 10.2 Å². The number of hydrogen-bond acceptors (Lipinski definition) is 6. The number of nitrogens with zero attached hydrogens (tertiary/aromatic N) is 2. The molecule has 42 heavy (non-hydrogen) atoms. The first-order chi connectivity index (χ1) is 19.9. The maximum absolute atomic E-state index is 14.2. The van der Waals surface area contributed by atoms with Gasteiger partial charge in [0.25, 0.3) is 10.0 Å². The van der Waals surface area contributed by atoms with Gasteiger partial charge in [-0.1, -0.05) is 41.1 Å². The largest absolute Gasteiger partial charge is 0.493 e. The summed E-state index contributed by atoms with van der Waals surface area (Å²) in [5.74, 6) is -0.232. The van der Waals surface area contributed by atoms with Gasteiger partial charge in [0.2, 0.25) is 11.8 Å². The van der Waals surface area contributed by atoms with Crippen molar-refractivity contribution in [3.8, 4) is 11.5 Å². The third-order valence-electron chi connectivity index (χ3n) is 6.70. The van der Waals surface area contributed by atoms with Crippen LogP contribution in [0.4, 0.5) is 5.69 Å². The van der Waals surface area contributed by atoms with E-state index in [2.05, 4.69) is 21.2 Å². The van der Waals surface area contributed by atoms with Gasteiger partial charge in [0.1, 0.15) is 12.6 Å². The Kier molecular flexibility index (Phi) is 11.4. The molecule has 0 fully saturated rings. The first kappa shape index (κ1) is 32.9. The number of halogens is 1. The average molecular weight is 661 g/mol. The molecule has 0 bridgehead atoms. The van der Waals surface area contributed by atoms with Crippen molar-refractivity contribution in [1.29, 1.82) is 0 Å². The zero-order valence-electron chi connectivity index (χ0n) is 24.8. The molecule has 1 N–H and O–H groups in total. The number of anilines is 1. The van der Waals surface area contributed by atoms with Crippen LogP contribution in [0, 0.1) is 13.8 Å². The van der Waals surface area contributed by atoms with E-state index in [0.29, 0.717) is 18.0 Å². The van der Waals surface area contributed by atoms with E-state index in [1.165, 1.54) is 37.3 Å². The maximum atomic E-state index is 14.2. The van der Waals surface area contributed by atoms with Crippen LogP contribution in [0.25, 0.3) is 0 Å². The molecule has 0 aliphatic heterocycles. The molecule has 0 aliphatic rings. The van der Waals surface area contributed by atoms with Crippen LogP contribution in [0.5, 0.6) is 11.5 Å². The van der Waals surface area contributed by atoms with E-state index < -0.39 is 28.5 Å². The molecule has 0 saturated carbocycles. The summed E-state index contributed by atoms with van der Waals surface area (Å²) >= 11 is 3.42. The Balaban J connectivity index is 2.09. The first-order valence-corrected chi connectivity index (χ1v) is 15.8. The minimum Gasteiger partial charge on any atom is -0.493 e. The molecule has 2 amide bonds. The van der Waals surface area contributed by atoms with Crippen molar-refractivity contribution < 1.29 is 27.5 Å². The number of amides is 2. The number of ether oxygens (including phenoxy) is 2. The fraction of sp³-hybridized carbons (Fsp3) is 0.355. The van der Waals surface area contributed by atoms with Crippen LogP contribution >= 0.6 is 15.9 Å². The SMILES string of the molecule is CCCNC(=O)[C@@H](C)N(Cc1ccc(Br)cc1)C(=O)CN(c1cc(C)cc(C)c1)S(=O)(=O)c1ccc(OC)c(OC)c1. The molecule has 1 atom stereocenters. The molecule has 11 heteroatoms. The topological polar surface area (TPSA) is 105 Å². The second-order valence-corrected chi connectivity index (χ2v) is 12.8. The molecule has 226 valence electrons. The summed E-state index contributed by atoms with van der Waals surface area (Å²) in [6, 6.07) is 16.2. The van der Waals surface area contributed by atoms with Crippen LogP contribution in [-0.2, 0) is 26.2 Å². The zero-order valence-corrected chi connectivity index (χ0v) is 27.2. The van der Waals surface area contributed by atoms with E-state index >= 15 is 0 Å². The molecule has 3 aromatic rings. The summed E-state index contributed by atoms with van der Waals surface area (Å²) in [6.07, 6.45) is 0.739. The van der Waals surface area contributed by atoms with Gasteiger partial charge >= 0.3 is 0 Å². The number of nitrogens with one attached hydrogen (secondary N) is 1. The Morgan fingerprint density at radius 2 is 1.55 bits per heavy atom. The predicted molar refractivity (Wildman–Crippen MR) is 167 cm³/mol. The maximum Gasteiger partial charge on any atom is 0.264 e. The second kappa shape index (κ2) is 14.6. The van der Waals surface area contributed by atoms with E-state index in [4.69, 9.17) is 9.47 Å². The number of sulfonamides is 1. The molecular weight excluding hydrogens is 622 g/mol. The molecule has 3 aromatic carbocycles. The highest BCUT2D eigenvalue weighted by atomic mass is 79.9. The summed E-state index contributed by atoms with van der Waals surface area (Å²) in [6.45, 7) is 7.36. The molecule has 0 radical (unpaired) electrons. The smallest absolute Gasteiger partial charge is 0.264 e. The Morgan fingerprint density at radius 3 is 2.12 bits per heavy atom. The fourth-order valence-corrected chi connectivity index (χ4v) is 6.17. The average Bonchev–Trinajstić information content (AvgIpc) is 2.96. The van der Waals surface area contributed by atoms with Gasteiger partial charge in [-0.2, -0.15) is 0 Å². The van der Waals surface area contributed by atoms with Gasteiger partial charge in [0, 0.05) is 23.6 Å². The number of carbonyl (C=O) groups excluding carboxylic acids is 2. The number of aryl methyl sites for hydroxylation is 2. The van der Waals surface area contributed by atoms with E-state index in [-0.39, 0.29) is 23.1 Å². The Morgan fingerprint density at radius 1 is 0.929 bits per heavy atom. The van der Waals surface area contributed by atoms with Gasteiger partial charge in [-0.05, 0) is 80.3 Å². The lowest BCUT2D eigenvalue weighted by atomic mass is 10.1. The first-order valence-electron chi connectivity index (χ1n) is 13.6. The van der Waals surface area contributed by atoms with E-state index in [9.17, 15) is 18.0 Å². The Labute approximate surface area is 257 Å². The monoisotopic (exact) mass is 659 g/mol. The molecule has 0 spiro atoms. The number of rotatable bonds is 13. The zero-order chi connectivity index (χ0) is 31.0. The summed E-state index contributed by atoms with van der Waals surface area (Å²) < 4.78 is 41.0. The number of benzene rings is 3. The standard InChI is InChI=1S/C31H38BrN3O6S/c1-7-14-33-31(37)23(4)34(19-24-8-10-25(32)11-9-24)30(36)20-35(26-16-21(2)15-22(3)17-26)42(38,39)27-12-13-28(40-5)29(18-27)41-6/h8-13,15-18,23H,7,14,19-20H2,1-6H3,(H,33,37)/t23-/m1/s1. The number of carbonyl (C=O) groups is 2. The lowest BCUT2D eigenvalue weighted by Gasteiger charge is -2.32. The van der Waals surface area contributed by atoms with Crippen LogP contribution in [0.2, 0.25) is 0 Å². The molecule has 3 rings (SSSR count). The van der Waals surface area contributed by atoms with Crippen molar-refractivity contribution in [3.05, 3.63) is 81.8 Å². The van der Waals surface area contributed by atoms with Gasteiger partial charge < -0.3 is 19.7 Å². The number of hydrogen-bond donors (Lipinski definition) is 1. The quantitative estimate of drug-likeness (QED) is 0.270. The van der Waals surface area contributed by atoms with Crippen molar-refractivity contribution in [2.75, 3.05) is 31.6 Å².